The quantitative estimate of drug-likeness (QED) is 0.651. The molecule has 0 radical (unpaired) electrons. The van der Waals surface area contributed by atoms with Gasteiger partial charge in [-0.05, 0) is 6.07 Å². The average Bonchev–Trinajstić information content (AvgIpc) is 2.12. The Labute approximate surface area is 77.5 Å². The van der Waals surface area contributed by atoms with Gasteiger partial charge in [0.05, 0.1) is 6.20 Å². The third-order valence-electron chi connectivity index (χ3n) is 1.36. The zero-order valence-electron chi connectivity index (χ0n) is 5.70. The Hall–Kier alpha value is -1.00. The highest BCUT2D eigenvalue weighted by Crippen LogP contribution is 2.22. The van der Waals surface area contributed by atoms with Crippen LogP contribution in [-0.2, 0) is 0 Å². The predicted molar refractivity (Wildman–Crippen MR) is 45.1 cm³/mol. The van der Waals surface area contributed by atoms with Gasteiger partial charge < -0.3 is 0 Å². The molecule has 0 saturated heterocycles. The van der Waals surface area contributed by atoms with Crippen molar-refractivity contribution >= 4 is 34.1 Å². The van der Waals surface area contributed by atoms with E-state index < -0.39 is 0 Å². The first-order valence-electron chi connectivity index (χ1n) is 3.08. The zero-order chi connectivity index (χ0) is 8.55. The van der Waals surface area contributed by atoms with Crippen LogP contribution in [0.4, 0.5) is 0 Å². The molecule has 0 saturated carbocycles. The van der Waals surface area contributed by atoms with Gasteiger partial charge in [0.2, 0.25) is 0 Å². The molecule has 0 aliphatic heterocycles. The van der Waals surface area contributed by atoms with Gasteiger partial charge >= 0.3 is 0 Å². The number of aromatic nitrogens is 4. The molecule has 0 N–H and O–H groups in total. The summed E-state index contributed by atoms with van der Waals surface area (Å²) in [5.74, 6) is 0. The Morgan fingerprint density at radius 2 is 1.75 bits per heavy atom. The number of nitrogens with zero attached hydrogens (tertiary/aromatic N) is 4. The van der Waals surface area contributed by atoms with Gasteiger partial charge in [0.1, 0.15) is 5.52 Å². The monoisotopic (exact) mass is 200 g/mol. The van der Waals surface area contributed by atoms with E-state index in [1.54, 1.807) is 6.07 Å². The molecule has 0 aliphatic rings. The van der Waals surface area contributed by atoms with Crippen LogP contribution in [0, 0.1) is 0 Å². The summed E-state index contributed by atoms with van der Waals surface area (Å²) < 4.78 is 0. The van der Waals surface area contributed by atoms with E-state index in [2.05, 4.69) is 20.4 Å². The fraction of sp³-hybridized carbons (Fsp3) is 0. The van der Waals surface area contributed by atoms with E-state index in [-0.39, 0.29) is 10.3 Å². The highest BCUT2D eigenvalue weighted by atomic mass is 35.5. The minimum absolute atomic E-state index is 0.211. The van der Waals surface area contributed by atoms with Crippen molar-refractivity contribution in [2.45, 2.75) is 0 Å². The molecule has 0 fully saturated rings. The van der Waals surface area contributed by atoms with Crippen molar-refractivity contribution in [1.82, 2.24) is 20.4 Å². The largest absolute Gasteiger partial charge is 0.179 e. The molecule has 2 aromatic rings. The summed E-state index contributed by atoms with van der Waals surface area (Å²) in [5.41, 5.74) is 0.471. The second-order valence-corrected chi connectivity index (χ2v) is 2.79. The van der Waals surface area contributed by atoms with Gasteiger partial charge in [0.25, 0.3) is 0 Å². The molecule has 4 nitrogen and oxygen atoms in total. The summed E-state index contributed by atoms with van der Waals surface area (Å²) in [6.07, 6.45) is 1.52. The predicted octanol–water partition coefficient (Wildman–Crippen LogP) is 1.73. The lowest BCUT2D eigenvalue weighted by molar-refractivity contribution is 1.01. The van der Waals surface area contributed by atoms with Crippen LogP contribution in [0.3, 0.4) is 0 Å². The van der Waals surface area contributed by atoms with Crippen molar-refractivity contribution in [3.8, 4) is 0 Å². The van der Waals surface area contributed by atoms with Gasteiger partial charge in [-0.3, -0.25) is 0 Å². The second kappa shape index (κ2) is 2.80. The molecule has 0 aliphatic carbocycles. The number of halogens is 2. The standard InChI is InChI=1S/C6H2Cl2N4/c7-5-3-1-2-9-10-4(3)6(8)12-11-5/h1-2H. The minimum atomic E-state index is 0.211. The van der Waals surface area contributed by atoms with Crippen LogP contribution >= 0.6 is 23.2 Å². The highest BCUT2D eigenvalue weighted by molar-refractivity contribution is 6.37. The van der Waals surface area contributed by atoms with Gasteiger partial charge in [-0.25, -0.2) is 0 Å². The van der Waals surface area contributed by atoms with Gasteiger partial charge in [0, 0.05) is 5.39 Å². The second-order valence-electron chi connectivity index (χ2n) is 2.08. The number of hydrogen-bond donors (Lipinski definition) is 0. The van der Waals surface area contributed by atoms with Crippen molar-refractivity contribution in [3.05, 3.63) is 22.6 Å². The van der Waals surface area contributed by atoms with Crippen LogP contribution in [0.25, 0.3) is 10.9 Å². The molecule has 0 spiro atoms. The summed E-state index contributed by atoms with van der Waals surface area (Å²) in [6.45, 7) is 0. The van der Waals surface area contributed by atoms with Crippen LogP contribution in [0.5, 0.6) is 0 Å². The zero-order valence-corrected chi connectivity index (χ0v) is 7.21. The summed E-state index contributed by atoms with van der Waals surface area (Å²) in [5, 5.41) is 15.8. The molecule has 0 bridgehead atoms. The Morgan fingerprint density at radius 1 is 1.00 bits per heavy atom. The van der Waals surface area contributed by atoms with E-state index in [9.17, 15) is 0 Å². The van der Waals surface area contributed by atoms with E-state index in [1.165, 1.54) is 6.20 Å². The third-order valence-corrected chi connectivity index (χ3v) is 1.90. The smallest absolute Gasteiger partial charge is 0.158 e. The Kier molecular flexibility index (Phi) is 1.78. The average molecular weight is 201 g/mol. The topological polar surface area (TPSA) is 51.6 Å². The van der Waals surface area contributed by atoms with E-state index in [0.717, 1.165) is 0 Å². The van der Waals surface area contributed by atoms with Crippen molar-refractivity contribution in [2.75, 3.05) is 0 Å². The molecule has 2 heterocycles. The molecular formula is C6H2Cl2N4. The van der Waals surface area contributed by atoms with Crippen molar-refractivity contribution in [2.24, 2.45) is 0 Å². The first-order valence-corrected chi connectivity index (χ1v) is 3.83. The van der Waals surface area contributed by atoms with Gasteiger partial charge in [-0.15, -0.1) is 15.3 Å². The molecule has 0 aromatic carbocycles. The molecule has 2 rings (SSSR count). The summed E-state index contributed by atoms with van der Waals surface area (Å²) in [6, 6.07) is 1.69. The van der Waals surface area contributed by atoms with Gasteiger partial charge in [-0.2, -0.15) is 5.10 Å². The fourth-order valence-electron chi connectivity index (χ4n) is 0.840. The Bertz CT molecular complexity index is 390. The summed E-state index contributed by atoms with van der Waals surface area (Å²) in [7, 11) is 0. The van der Waals surface area contributed by atoms with Crippen molar-refractivity contribution < 1.29 is 0 Å². The van der Waals surface area contributed by atoms with Gasteiger partial charge in [-0.1, -0.05) is 23.2 Å². The third kappa shape index (κ3) is 1.09. The number of rotatable bonds is 0. The Morgan fingerprint density at radius 3 is 2.50 bits per heavy atom. The van der Waals surface area contributed by atoms with Crippen LogP contribution in [0.1, 0.15) is 0 Å². The van der Waals surface area contributed by atoms with E-state index >= 15 is 0 Å². The van der Waals surface area contributed by atoms with Crippen molar-refractivity contribution in [3.63, 3.8) is 0 Å². The highest BCUT2D eigenvalue weighted by Gasteiger charge is 2.06. The maximum atomic E-state index is 5.73. The van der Waals surface area contributed by atoms with Crippen molar-refractivity contribution in [1.29, 1.82) is 0 Å². The molecule has 0 unspecified atom stereocenters. The first-order chi connectivity index (χ1) is 5.79. The van der Waals surface area contributed by atoms with E-state index in [4.69, 9.17) is 23.2 Å². The minimum Gasteiger partial charge on any atom is -0.158 e. The van der Waals surface area contributed by atoms with Crippen LogP contribution < -0.4 is 0 Å². The van der Waals surface area contributed by atoms with E-state index in [1.807, 2.05) is 0 Å². The van der Waals surface area contributed by atoms with Crippen LogP contribution in [0.2, 0.25) is 10.3 Å². The number of hydrogen-bond acceptors (Lipinski definition) is 4. The molecule has 0 atom stereocenters. The van der Waals surface area contributed by atoms with Crippen LogP contribution in [0.15, 0.2) is 12.3 Å². The molecule has 2 aromatic heterocycles. The van der Waals surface area contributed by atoms with E-state index in [0.29, 0.717) is 10.9 Å². The summed E-state index contributed by atoms with van der Waals surface area (Å²) in [4.78, 5) is 0. The van der Waals surface area contributed by atoms with Crippen LogP contribution in [-0.4, -0.2) is 20.4 Å². The molecule has 12 heavy (non-hydrogen) atoms. The maximum absolute atomic E-state index is 5.73. The maximum Gasteiger partial charge on any atom is 0.179 e. The fourth-order valence-corrected chi connectivity index (χ4v) is 1.21. The molecular weight excluding hydrogens is 199 g/mol. The first kappa shape index (κ1) is 7.64. The SMILES string of the molecule is Clc1nnc(Cl)c2nnccc12. The Balaban J connectivity index is 2.95. The lowest BCUT2D eigenvalue weighted by Crippen LogP contribution is -1.90. The normalized spacial score (nSPS) is 10.5. The molecule has 0 amide bonds. The number of fused-ring (bicyclic) bond motifs is 1. The lowest BCUT2D eigenvalue weighted by atomic mass is 10.3. The van der Waals surface area contributed by atoms with Gasteiger partial charge in [0.15, 0.2) is 10.3 Å². The molecule has 60 valence electrons. The molecule has 6 heteroatoms. The lowest BCUT2D eigenvalue weighted by Gasteiger charge is -1.96. The summed E-state index contributed by atoms with van der Waals surface area (Å²) >= 11 is 11.4.